The van der Waals surface area contributed by atoms with E-state index in [4.69, 9.17) is 4.74 Å². The summed E-state index contributed by atoms with van der Waals surface area (Å²) in [5.41, 5.74) is 2.09. The van der Waals surface area contributed by atoms with Crippen molar-refractivity contribution in [2.45, 2.75) is 19.0 Å². The predicted octanol–water partition coefficient (Wildman–Crippen LogP) is 3.92. The molecule has 0 N–H and O–H groups in total. The van der Waals surface area contributed by atoms with Gasteiger partial charge in [0.15, 0.2) is 5.78 Å². The van der Waals surface area contributed by atoms with Gasteiger partial charge in [-0.3, -0.25) is 29.3 Å². The number of ketones is 1. The first-order valence-electron chi connectivity index (χ1n) is 12.3. The number of hydrogen-bond donors (Lipinski definition) is 0. The van der Waals surface area contributed by atoms with Gasteiger partial charge in [-0.1, -0.05) is 24.3 Å². The van der Waals surface area contributed by atoms with Crippen molar-refractivity contribution in [1.29, 1.82) is 0 Å². The van der Waals surface area contributed by atoms with Gasteiger partial charge in [0.05, 0.1) is 28.5 Å². The van der Waals surface area contributed by atoms with Gasteiger partial charge < -0.3 is 9.64 Å². The Morgan fingerprint density at radius 1 is 0.897 bits per heavy atom. The highest BCUT2D eigenvalue weighted by Crippen LogP contribution is 2.53. The third-order valence-corrected chi connectivity index (χ3v) is 7.45. The van der Waals surface area contributed by atoms with Crippen LogP contribution in [0.15, 0.2) is 79.0 Å². The molecule has 4 atom stereocenters. The van der Waals surface area contributed by atoms with E-state index < -0.39 is 52.4 Å². The Hall–Kier alpha value is -5.12. The van der Waals surface area contributed by atoms with Crippen LogP contribution in [0.25, 0.3) is 6.08 Å². The Balaban J connectivity index is 1.42. The molecular weight excluding hydrogens is 502 g/mol. The molecule has 0 unspecified atom stereocenters. The summed E-state index contributed by atoms with van der Waals surface area (Å²) < 4.78 is 5.06. The number of imide groups is 1. The summed E-state index contributed by atoms with van der Waals surface area (Å²) in [7, 11) is 0. The minimum atomic E-state index is -0.993. The summed E-state index contributed by atoms with van der Waals surface area (Å²) in [6.45, 7) is 1.27. The molecule has 2 saturated heterocycles. The van der Waals surface area contributed by atoms with Crippen molar-refractivity contribution in [3.63, 3.8) is 0 Å². The van der Waals surface area contributed by atoms with Crippen molar-refractivity contribution >= 4 is 41.0 Å². The number of benzene rings is 3. The fraction of sp³-hybridized carbons (Fsp3) is 0.172. The van der Waals surface area contributed by atoms with Crippen molar-refractivity contribution < 1.29 is 28.8 Å². The molecule has 2 fully saturated rings. The number of fused-ring (bicyclic) bond motifs is 5. The van der Waals surface area contributed by atoms with Gasteiger partial charge in [0.25, 0.3) is 5.69 Å². The molecule has 0 aromatic heterocycles. The minimum absolute atomic E-state index is 0.156. The average Bonchev–Trinajstić information content (AvgIpc) is 3.41. The molecule has 10 nitrogen and oxygen atoms in total. The molecule has 0 saturated carbocycles. The standard InChI is InChI=1S/C29H21N3O7/c1-16(33)39-21-12-10-19(11-13-21)31-28(35)23-24(29(31)36)26(27(34)18-6-8-20(9-7-18)32(37)38)30-15-14-17-4-2-3-5-22(17)25(23)30/h2-15,23-26H,1H3/t23-,24-,25+,26+/m1/s1. The van der Waals surface area contributed by atoms with Crippen molar-refractivity contribution in [2.75, 3.05) is 4.90 Å². The van der Waals surface area contributed by atoms with Crippen LogP contribution in [0.2, 0.25) is 0 Å². The first kappa shape index (κ1) is 24.2. The van der Waals surface area contributed by atoms with Crippen LogP contribution < -0.4 is 9.64 Å². The molecule has 194 valence electrons. The summed E-state index contributed by atoms with van der Waals surface area (Å²) in [6, 6.07) is 17.3. The molecule has 0 spiro atoms. The highest BCUT2D eigenvalue weighted by Gasteiger charge is 2.64. The van der Waals surface area contributed by atoms with E-state index in [0.29, 0.717) is 5.69 Å². The molecule has 0 aliphatic carbocycles. The van der Waals surface area contributed by atoms with E-state index in [9.17, 15) is 29.3 Å². The van der Waals surface area contributed by atoms with Crippen molar-refractivity contribution in [1.82, 2.24) is 4.90 Å². The lowest BCUT2D eigenvalue weighted by Gasteiger charge is -2.35. The molecule has 3 heterocycles. The van der Waals surface area contributed by atoms with Gasteiger partial charge in [-0.2, -0.15) is 0 Å². The van der Waals surface area contributed by atoms with Crippen LogP contribution >= 0.6 is 0 Å². The van der Waals surface area contributed by atoms with Gasteiger partial charge >= 0.3 is 5.97 Å². The van der Waals surface area contributed by atoms with E-state index in [0.717, 1.165) is 16.0 Å². The Labute approximate surface area is 222 Å². The van der Waals surface area contributed by atoms with Gasteiger partial charge in [-0.15, -0.1) is 0 Å². The van der Waals surface area contributed by atoms with Gasteiger partial charge in [-0.25, -0.2) is 4.90 Å². The molecule has 3 aliphatic rings. The van der Waals surface area contributed by atoms with E-state index in [1.165, 1.54) is 55.5 Å². The highest BCUT2D eigenvalue weighted by atomic mass is 16.6. The monoisotopic (exact) mass is 523 g/mol. The van der Waals surface area contributed by atoms with Crippen LogP contribution in [0.3, 0.4) is 0 Å². The molecule has 3 aliphatic heterocycles. The molecule has 0 radical (unpaired) electrons. The number of nitrogens with zero attached hydrogens (tertiary/aromatic N) is 3. The molecule has 3 aromatic carbocycles. The first-order valence-corrected chi connectivity index (χ1v) is 12.3. The Bertz CT molecular complexity index is 1580. The number of non-ortho nitro benzene ring substituents is 1. The molecule has 2 amide bonds. The zero-order chi connectivity index (χ0) is 27.4. The normalized spacial score (nSPS) is 22.8. The second kappa shape index (κ2) is 9.02. The van der Waals surface area contributed by atoms with Crippen LogP contribution in [-0.4, -0.2) is 39.4 Å². The first-order chi connectivity index (χ1) is 18.8. The van der Waals surface area contributed by atoms with E-state index >= 15 is 0 Å². The fourth-order valence-corrected chi connectivity index (χ4v) is 5.86. The van der Waals surface area contributed by atoms with Gasteiger partial charge in [0.1, 0.15) is 11.8 Å². The zero-order valence-electron chi connectivity index (χ0n) is 20.6. The SMILES string of the molecule is CC(=O)Oc1ccc(N2C(=O)[C@@H]3[C@@H](C2=O)[C@@H]2c4ccccc4C=CN2[C@@H]3C(=O)c2ccc([N+](=O)[O-])cc2)cc1. The minimum Gasteiger partial charge on any atom is -0.427 e. The number of Topliss-reactive ketones (excluding diaryl/α,β-unsaturated/α-hetero) is 1. The lowest BCUT2D eigenvalue weighted by molar-refractivity contribution is -0.384. The molecule has 10 heteroatoms. The van der Waals surface area contributed by atoms with Crippen molar-refractivity contribution in [3.8, 4) is 5.75 Å². The zero-order valence-corrected chi connectivity index (χ0v) is 20.6. The molecular formula is C29H21N3O7. The van der Waals surface area contributed by atoms with E-state index in [1.807, 2.05) is 30.3 Å². The number of anilines is 1. The van der Waals surface area contributed by atoms with Gasteiger partial charge in [0.2, 0.25) is 11.8 Å². The van der Waals surface area contributed by atoms with Crippen molar-refractivity contribution in [3.05, 3.63) is 106 Å². The van der Waals surface area contributed by atoms with Crippen LogP contribution in [0.4, 0.5) is 11.4 Å². The van der Waals surface area contributed by atoms with Crippen LogP contribution in [-0.2, 0) is 14.4 Å². The fourth-order valence-electron chi connectivity index (χ4n) is 5.86. The van der Waals surface area contributed by atoms with E-state index in [1.54, 1.807) is 11.1 Å². The maximum Gasteiger partial charge on any atom is 0.308 e. The van der Waals surface area contributed by atoms with E-state index in [-0.39, 0.29) is 17.0 Å². The number of ether oxygens (including phenoxy) is 1. The third-order valence-electron chi connectivity index (χ3n) is 7.45. The molecule has 3 aromatic rings. The average molecular weight is 524 g/mol. The van der Waals surface area contributed by atoms with Crippen LogP contribution in [0.5, 0.6) is 5.75 Å². The third kappa shape index (κ3) is 3.80. The predicted molar refractivity (Wildman–Crippen MR) is 138 cm³/mol. The highest BCUT2D eigenvalue weighted by molar-refractivity contribution is 6.24. The second-order valence-corrected chi connectivity index (χ2v) is 9.60. The maximum absolute atomic E-state index is 13.9. The summed E-state index contributed by atoms with van der Waals surface area (Å²) >= 11 is 0. The molecule has 0 bridgehead atoms. The summed E-state index contributed by atoms with van der Waals surface area (Å²) in [5.74, 6) is -3.37. The smallest absolute Gasteiger partial charge is 0.308 e. The summed E-state index contributed by atoms with van der Waals surface area (Å²) in [4.78, 5) is 66.5. The number of carbonyl (C=O) groups excluding carboxylic acids is 4. The number of carbonyl (C=O) groups is 4. The van der Waals surface area contributed by atoms with E-state index in [2.05, 4.69) is 0 Å². The topological polar surface area (TPSA) is 127 Å². The number of nitro benzene ring substituents is 1. The van der Waals surface area contributed by atoms with Crippen molar-refractivity contribution in [2.24, 2.45) is 11.8 Å². The van der Waals surface area contributed by atoms with Gasteiger partial charge in [-0.05, 0) is 53.6 Å². The number of hydrogen-bond acceptors (Lipinski definition) is 8. The molecule has 6 rings (SSSR count). The van der Waals surface area contributed by atoms with Gasteiger partial charge in [0, 0.05) is 30.8 Å². The Morgan fingerprint density at radius 2 is 1.56 bits per heavy atom. The molecule has 39 heavy (non-hydrogen) atoms. The number of rotatable bonds is 5. The quantitative estimate of drug-likeness (QED) is 0.123. The number of amides is 2. The second-order valence-electron chi connectivity index (χ2n) is 9.60. The lowest BCUT2D eigenvalue weighted by atomic mass is 9.83. The lowest BCUT2D eigenvalue weighted by Crippen LogP contribution is -2.44. The Morgan fingerprint density at radius 3 is 2.23 bits per heavy atom. The summed E-state index contributed by atoms with van der Waals surface area (Å²) in [5, 5.41) is 11.1. The van der Waals surface area contributed by atoms with Crippen LogP contribution in [0.1, 0.15) is 34.5 Å². The number of nitro groups is 1. The number of esters is 1. The largest absolute Gasteiger partial charge is 0.427 e. The maximum atomic E-state index is 13.9. The van der Waals surface area contributed by atoms with Crippen LogP contribution in [0, 0.1) is 22.0 Å². The summed E-state index contributed by atoms with van der Waals surface area (Å²) in [6.07, 6.45) is 3.60. The Kier molecular flexibility index (Phi) is 5.60.